The average Bonchev–Trinajstić information content (AvgIpc) is 2.39. The van der Waals surface area contributed by atoms with Gasteiger partial charge in [-0.2, -0.15) is 0 Å². The molecule has 0 aliphatic rings. The molecular weight excluding hydrogens is 262 g/mol. The van der Waals surface area contributed by atoms with Crippen LogP contribution in [0.25, 0.3) is 0 Å². The lowest BCUT2D eigenvalue weighted by Gasteiger charge is -2.08. The van der Waals surface area contributed by atoms with Gasteiger partial charge in [0.25, 0.3) is 10.0 Å². The lowest BCUT2D eigenvalue weighted by atomic mass is 10.2. The molecule has 19 heavy (non-hydrogen) atoms. The number of sulfonamides is 1. The van der Waals surface area contributed by atoms with Gasteiger partial charge in [-0.25, -0.2) is 8.42 Å². The number of benzene rings is 2. The Morgan fingerprint density at radius 2 is 1.68 bits per heavy atom. The first-order chi connectivity index (χ1) is 8.99. The van der Waals surface area contributed by atoms with Gasteiger partial charge in [0.1, 0.15) is 0 Å². The van der Waals surface area contributed by atoms with E-state index in [1.165, 1.54) is 19.1 Å². The Bertz CT molecular complexity index is 694. The molecule has 0 spiro atoms. The molecule has 0 atom stereocenters. The van der Waals surface area contributed by atoms with Crippen LogP contribution in [0.4, 0.5) is 5.69 Å². The topological polar surface area (TPSA) is 63.2 Å². The molecule has 1 N–H and O–H groups in total. The van der Waals surface area contributed by atoms with Gasteiger partial charge >= 0.3 is 0 Å². The number of rotatable bonds is 4. The first-order valence-corrected chi connectivity index (χ1v) is 7.16. The Labute approximate surface area is 112 Å². The molecule has 4 nitrogen and oxygen atoms in total. The first-order valence-electron chi connectivity index (χ1n) is 5.68. The molecule has 0 saturated carbocycles. The second-order valence-corrected chi connectivity index (χ2v) is 5.74. The van der Waals surface area contributed by atoms with Crippen LogP contribution in [-0.4, -0.2) is 14.2 Å². The Morgan fingerprint density at radius 1 is 1.00 bits per heavy atom. The zero-order valence-electron chi connectivity index (χ0n) is 10.3. The van der Waals surface area contributed by atoms with Gasteiger partial charge < -0.3 is 0 Å². The maximum Gasteiger partial charge on any atom is 0.261 e. The van der Waals surface area contributed by atoms with E-state index in [4.69, 9.17) is 0 Å². The second kappa shape index (κ2) is 5.24. The highest BCUT2D eigenvalue weighted by atomic mass is 32.2. The van der Waals surface area contributed by atoms with Crippen LogP contribution in [0.2, 0.25) is 0 Å². The van der Waals surface area contributed by atoms with E-state index in [2.05, 4.69) is 4.72 Å². The van der Waals surface area contributed by atoms with Gasteiger partial charge in [0, 0.05) is 11.3 Å². The molecule has 2 aromatic rings. The zero-order chi connectivity index (χ0) is 13.9. The molecule has 0 unspecified atom stereocenters. The normalized spacial score (nSPS) is 11.0. The molecule has 0 aliphatic carbocycles. The SMILES string of the molecule is CC(=O)c1cccc(S(=O)(=O)Nc2ccccc2)c1. The molecule has 5 heteroatoms. The van der Waals surface area contributed by atoms with E-state index in [9.17, 15) is 13.2 Å². The van der Waals surface area contributed by atoms with E-state index in [1.54, 1.807) is 42.5 Å². The summed E-state index contributed by atoms with van der Waals surface area (Å²) in [5.41, 5.74) is 0.853. The maximum absolute atomic E-state index is 12.2. The van der Waals surface area contributed by atoms with Crippen molar-refractivity contribution in [2.75, 3.05) is 4.72 Å². The highest BCUT2D eigenvalue weighted by molar-refractivity contribution is 7.92. The monoisotopic (exact) mass is 275 g/mol. The van der Waals surface area contributed by atoms with Crippen molar-refractivity contribution in [3.05, 3.63) is 60.2 Å². The quantitative estimate of drug-likeness (QED) is 0.872. The number of para-hydroxylation sites is 1. The lowest BCUT2D eigenvalue weighted by molar-refractivity contribution is 0.101. The molecular formula is C14H13NO3S. The van der Waals surface area contributed by atoms with E-state index < -0.39 is 10.0 Å². The van der Waals surface area contributed by atoms with Crippen LogP contribution in [0.15, 0.2) is 59.5 Å². The molecule has 0 heterocycles. The molecule has 2 rings (SSSR count). The summed E-state index contributed by atoms with van der Waals surface area (Å²) in [6.45, 7) is 1.40. The van der Waals surface area contributed by atoms with Gasteiger partial charge in [-0.15, -0.1) is 0 Å². The minimum Gasteiger partial charge on any atom is -0.295 e. The smallest absolute Gasteiger partial charge is 0.261 e. The third-order valence-electron chi connectivity index (χ3n) is 2.58. The molecule has 0 amide bonds. The molecule has 98 valence electrons. The molecule has 0 fully saturated rings. The van der Waals surface area contributed by atoms with Crippen molar-refractivity contribution < 1.29 is 13.2 Å². The Kier molecular flexibility index (Phi) is 3.66. The summed E-state index contributed by atoms with van der Waals surface area (Å²) in [4.78, 5) is 11.3. The summed E-state index contributed by atoms with van der Waals surface area (Å²) >= 11 is 0. The highest BCUT2D eigenvalue weighted by Gasteiger charge is 2.15. The molecule has 0 aromatic heterocycles. The number of hydrogen-bond acceptors (Lipinski definition) is 3. The summed E-state index contributed by atoms with van der Waals surface area (Å²) in [7, 11) is -3.67. The summed E-state index contributed by atoms with van der Waals surface area (Å²) in [5.74, 6) is -0.170. The molecule has 0 saturated heterocycles. The van der Waals surface area contributed by atoms with Crippen molar-refractivity contribution in [1.82, 2.24) is 0 Å². The van der Waals surface area contributed by atoms with E-state index >= 15 is 0 Å². The fraction of sp³-hybridized carbons (Fsp3) is 0.0714. The minimum atomic E-state index is -3.67. The van der Waals surface area contributed by atoms with Crippen LogP contribution < -0.4 is 4.72 Å². The van der Waals surface area contributed by atoms with Gasteiger partial charge in [-0.05, 0) is 31.2 Å². The number of carbonyl (C=O) groups excluding carboxylic acids is 1. The lowest BCUT2D eigenvalue weighted by Crippen LogP contribution is -2.13. The summed E-state index contributed by atoms with van der Waals surface area (Å²) in [5, 5.41) is 0. The van der Waals surface area contributed by atoms with Crippen LogP contribution in [0, 0.1) is 0 Å². The summed E-state index contributed by atoms with van der Waals surface area (Å²) < 4.78 is 26.8. The van der Waals surface area contributed by atoms with Crippen LogP contribution >= 0.6 is 0 Å². The van der Waals surface area contributed by atoms with Gasteiger partial charge in [0.05, 0.1) is 4.90 Å². The average molecular weight is 275 g/mol. The van der Waals surface area contributed by atoms with Gasteiger partial charge in [0.15, 0.2) is 5.78 Å². The van der Waals surface area contributed by atoms with Crippen LogP contribution in [0.5, 0.6) is 0 Å². The number of carbonyl (C=O) groups is 1. The van der Waals surface area contributed by atoms with E-state index in [0.29, 0.717) is 11.3 Å². The predicted molar refractivity (Wildman–Crippen MR) is 73.7 cm³/mol. The fourth-order valence-electron chi connectivity index (χ4n) is 1.60. The first kappa shape index (κ1) is 13.3. The number of hydrogen-bond donors (Lipinski definition) is 1. The standard InChI is InChI=1S/C14H13NO3S/c1-11(16)12-6-5-9-14(10-12)19(17,18)15-13-7-3-2-4-8-13/h2-10,15H,1H3. The van der Waals surface area contributed by atoms with Gasteiger partial charge in [-0.3, -0.25) is 9.52 Å². The molecule has 2 aromatic carbocycles. The maximum atomic E-state index is 12.2. The van der Waals surface area contributed by atoms with E-state index in [1.807, 2.05) is 0 Å². The van der Waals surface area contributed by atoms with Crippen molar-refractivity contribution in [1.29, 1.82) is 0 Å². The van der Waals surface area contributed by atoms with E-state index in [0.717, 1.165) is 0 Å². The minimum absolute atomic E-state index is 0.0732. The predicted octanol–water partition coefficient (Wildman–Crippen LogP) is 2.69. The van der Waals surface area contributed by atoms with Crippen molar-refractivity contribution >= 4 is 21.5 Å². The third-order valence-corrected chi connectivity index (χ3v) is 3.96. The van der Waals surface area contributed by atoms with E-state index in [-0.39, 0.29) is 10.7 Å². The number of anilines is 1. The zero-order valence-corrected chi connectivity index (χ0v) is 11.1. The van der Waals surface area contributed by atoms with Crippen LogP contribution in [0.1, 0.15) is 17.3 Å². The van der Waals surface area contributed by atoms with Crippen molar-refractivity contribution in [2.24, 2.45) is 0 Å². The van der Waals surface area contributed by atoms with Gasteiger partial charge in [0.2, 0.25) is 0 Å². The van der Waals surface area contributed by atoms with Crippen LogP contribution in [-0.2, 0) is 10.0 Å². The highest BCUT2D eigenvalue weighted by Crippen LogP contribution is 2.17. The summed E-state index contributed by atoms with van der Waals surface area (Å²) in [6.07, 6.45) is 0. The largest absolute Gasteiger partial charge is 0.295 e. The number of ketones is 1. The van der Waals surface area contributed by atoms with Crippen molar-refractivity contribution in [3.8, 4) is 0 Å². The molecule has 0 bridgehead atoms. The van der Waals surface area contributed by atoms with Crippen LogP contribution in [0.3, 0.4) is 0 Å². The van der Waals surface area contributed by atoms with Crippen molar-refractivity contribution in [2.45, 2.75) is 11.8 Å². The molecule has 0 radical (unpaired) electrons. The third kappa shape index (κ3) is 3.20. The number of Topliss-reactive ketones (excluding diaryl/α,β-unsaturated/α-hetero) is 1. The van der Waals surface area contributed by atoms with Crippen molar-refractivity contribution in [3.63, 3.8) is 0 Å². The Balaban J connectivity index is 2.35. The molecule has 0 aliphatic heterocycles. The summed E-state index contributed by atoms with van der Waals surface area (Å²) in [6, 6.07) is 14.6. The van der Waals surface area contributed by atoms with Gasteiger partial charge in [-0.1, -0.05) is 30.3 Å². The number of nitrogens with one attached hydrogen (secondary N) is 1. The Hall–Kier alpha value is -2.14. The fourth-order valence-corrected chi connectivity index (χ4v) is 2.71. The Morgan fingerprint density at radius 3 is 2.32 bits per heavy atom. The second-order valence-electron chi connectivity index (χ2n) is 4.06.